The number of methoxy groups -OCH3 is 1. The van der Waals surface area contributed by atoms with Crippen molar-refractivity contribution in [2.24, 2.45) is 5.73 Å². The average molecular weight is 453 g/mol. The first kappa shape index (κ1) is 23.6. The van der Waals surface area contributed by atoms with Gasteiger partial charge in [-0.3, -0.25) is 9.89 Å². The van der Waals surface area contributed by atoms with Gasteiger partial charge in [-0.2, -0.15) is 5.10 Å². The molecular weight excluding hydrogens is 426 g/mol. The smallest absolute Gasteiger partial charge is 0.322 e. The van der Waals surface area contributed by atoms with Crippen molar-refractivity contribution in [1.82, 2.24) is 15.1 Å². The van der Waals surface area contributed by atoms with E-state index in [-0.39, 0.29) is 32.7 Å². The topological polar surface area (TPSA) is 143 Å². The number of nitrogens with two attached hydrogens (primary N) is 1. The minimum absolute atomic E-state index is 0.0185. The lowest BCUT2D eigenvalue weighted by Crippen LogP contribution is -2.37. The molecule has 3 amide bonds. The summed E-state index contributed by atoms with van der Waals surface area (Å²) in [5.74, 6) is 0.555. The van der Waals surface area contributed by atoms with E-state index in [1.165, 1.54) is 4.90 Å². The molecule has 0 saturated heterocycles. The number of H-pyrrole nitrogens is 1. The molecule has 3 rings (SSSR count). The summed E-state index contributed by atoms with van der Waals surface area (Å²) in [6.07, 6.45) is 3.43. The van der Waals surface area contributed by atoms with Crippen molar-refractivity contribution in [2.75, 3.05) is 32.2 Å². The number of benzene rings is 2. The summed E-state index contributed by atoms with van der Waals surface area (Å²) in [6.45, 7) is 0.269. The molecule has 5 N–H and O–H groups in total. The Hall–Kier alpha value is -4.05. The number of carbonyl (C=O) groups is 2. The van der Waals surface area contributed by atoms with Crippen molar-refractivity contribution in [3.8, 4) is 22.6 Å². The van der Waals surface area contributed by atoms with Crippen LogP contribution in [0.4, 0.5) is 10.5 Å². The highest BCUT2D eigenvalue weighted by Gasteiger charge is 2.18. The lowest BCUT2D eigenvalue weighted by molar-refractivity contribution is -0.118. The van der Waals surface area contributed by atoms with Gasteiger partial charge >= 0.3 is 6.03 Å². The first-order valence-corrected chi connectivity index (χ1v) is 10.3. The van der Waals surface area contributed by atoms with Gasteiger partial charge in [-0.05, 0) is 35.4 Å². The van der Waals surface area contributed by atoms with E-state index in [2.05, 4.69) is 15.5 Å². The van der Waals surface area contributed by atoms with Crippen molar-refractivity contribution in [3.63, 3.8) is 0 Å². The molecule has 10 heteroatoms. The molecule has 174 valence electrons. The number of aromatic nitrogens is 2. The summed E-state index contributed by atoms with van der Waals surface area (Å²) < 4.78 is 10.9. The third kappa shape index (κ3) is 6.71. The van der Waals surface area contributed by atoms with Gasteiger partial charge in [-0.15, -0.1) is 0 Å². The predicted molar refractivity (Wildman–Crippen MR) is 123 cm³/mol. The summed E-state index contributed by atoms with van der Waals surface area (Å²) in [5, 5.41) is 18.7. The number of anilines is 1. The Balaban J connectivity index is 1.82. The zero-order chi connectivity index (χ0) is 23.6. The molecule has 0 radical (unpaired) electrons. The van der Waals surface area contributed by atoms with Crippen molar-refractivity contribution in [3.05, 3.63) is 60.4 Å². The molecule has 0 fully saturated rings. The molecule has 1 heterocycles. The number of urea groups is 1. The first-order chi connectivity index (χ1) is 16.0. The SMILES string of the molecule is COc1cccc(CN(CCC(N)=O)C(=O)Nc2ccc(-c3cn[nH]c3)cc2OCCO)c1. The number of primary amides is 1. The molecule has 0 saturated carbocycles. The van der Waals surface area contributed by atoms with Crippen LogP contribution in [0.25, 0.3) is 11.1 Å². The van der Waals surface area contributed by atoms with E-state index in [4.69, 9.17) is 15.2 Å². The maximum atomic E-state index is 13.1. The summed E-state index contributed by atoms with van der Waals surface area (Å²) in [7, 11) is 1.57. The highest BCUT2D eigenvalue weighted by Crippen LogP contribution is 2.31. The van der Waals surface area contributed by atoms with Crippen LogP contribution in [-0.4, -0.2) is 59.0 Å². The fourth-order valence-electron chi connectivity index (χ4n) is 3.17. The maximum Gasteiger partial charge on any atom is 0.322 e. The van der Waals surface area contributed by atoms with Crippen LogP contribution in [0.1, 0.15) is 12.0 Å². The van der Waals surface area contributed by atoms with Crippen LogP contribution in [0.5, 0.6) is 11.5 Å². The minimum Gasteiger partial charge on any atom is -0.497 e. The molecule has 0 spiro atoms. The number of hydrogen-bond donors (Lipinski definition) is 4. The van der Waals surface area contributed by atoms with Crippen LogP contribution in [0.3, 0.4) is 0 Å². The van der Waals surface area contributed by atoms with Crippen molar-refractivity contribution >= 4 is 17.6 Å². The molecule has 0 aliphatic rings. The van der Waals surface area contributed by atoms with Crippen molar-refractivity contribution in [1.29, 1.82) is 0 Å². The highest BCUT2D eigenvalue weighted by molar-refractivity contribution is 5.92. The number of ether oxygens (including phenoxy) is 2. The van der Waals surface area contributed by atoms with Crippen molar-refractivity contribution < 1.29 is 24.2 Å². The molecule has 0 aliphatic heterocycles. The van der Waals surface area contributed by atoms with E-state index in [0.29, 0.717) is 17.2 Å². The number of aliphatic hydroxyl groups is 1. The number of amides is 3. The molecule has 10 nitrogen and oxygen atoms in total. The second-order valence-electron chi connectivity index (χ2n) is 7.19. The summed E-state index contributed by atoms with van der Waals surface area (Å²) in [5.41, 5.74) is 8.25. The van der Waals surface area contributed by atoms with Gasteiger partial charge in [0.15, 0.2) is 0 Å². The van der Waals surface area contributed by atoms with E-state index in [0.717, 1.165) is 16.7 Å². The van der Waals surface area contributed by atoms with Gasteiger partial charge < -0.3 is 30.5 Å². The third-order valence-corrected chi connectivity index (χ3v) is 4.83. The molecule has 0 atom stereocenters. The van der Waals surface area contributed by atoms with E-state index in [9.17, 15) is 14.7 Å². The van der Waals surface area contributed by atoms with Crippen LogP contribution in [0, 0.1) is 0 Å². The second kappa shape index (κ2) is 11.5. The van der Waals surface area contributed by atoms with Gasteiger partial charge in [0.2, 0.25) is 5.91 Å². The largest absolute Gasteiger partial charge is 0.497 e. The fourth-order valence-corrected chi connectivity index (χ4v) is 3.17. The summed E-state index contributed by atoms with van der Waals surface area (Å²) in [6, 6.07) is 12.2. The van der Waals surface area contributed by atoms with Gasteiger partial charge in [0, 0.05) is 31.3 Å². The Morgan fingerprint density at radius 2 is 2.06 bits per heavy atom. The number of aromatic amines is 1. The van der Waals surface area contributed by atoms with E-state index < -0.39 is 11.9 Å². The molecule has 0 bridgehead atoms. The Kier molecular flexibility index (Phi) is 8.25. The molecule has 33 heavy (non-hydrogen) atoms. The monoisotopic (exact) mass is 453 g/mol. The van der Waals surface area contributed by atoms with Gasteiger partial charge in [-0.25, -0.2) is 4.79 Å². The van der Waals surface area contributed by atoms with Crippen molar-refractivity contribution in [2.45, 2.75) is 13.0 Å². The number of carbonyl (C=O) groups excluding carboxylic acids is 2. The molecule has 0 aliphatic carbocycles. The zero-order valence-corrected chi connectivity index (χ0v) is 18.3. The van der Waals surface area contributed by atoms with Crippen LogP contribution in [0.2, 0.25) is 0 Å². The Morgan fingerprint density at radius 1 is 1.21 bits per heavy atom. The Labute approximate surface area is 191 Å². The number of aliphatic hydroxyl groups excluding tert-OH is 1. The Morgan fingerprint density at radius 3 is 2.76 bits per heavy atom. The standard InChI is InChI=1S/C23H27N5O5/c1-32-19-4-2-3-16(11-19)15-28(8-7-22(24)30)23(31)27-20-6-5-17(18-13-25-26-14-18)12-21(20)33-10-9-29/h2-6,11-14,29H,7-10,15H2,1H3,(H2,24,30)(H,25,26)(H,27,31). The first-order valence-electron chi connectivity index (χ1n) is 10.3. The van der Waals surface area contributed by atoms with Gasteiger partial charge in [0.05, 0.1) is 25.6 Å². The third-order valence-electron chi connectivity index (χ3n) is 4.83. The van der Waals surface area contributed by atoms with Gasteiger partial charge in [0.25, 0.3) is 0 Å². The second-order valence-corrected chi connectivity index (χ2v) is 7.19. The van der Waals surface area contributed by atoms with Crippen LogP contribution >= 0.6 is 0 Å². The van der Waals surface area contributed by atoms with E-state index in [1.807, 2.05) is 30.3 Å². The molecule has 2 aromatic carbocycles. The highest BCUT2D eigenvalue weighted by atomic mass is 16.5. The van der Waals surface area contributed by atoms with Crippen LogP contribution < -0.4 is 20.5 Å². The fraction of sp³-hybridized carbons (Fsp3) is 0.261. The number of rotatable bonds is 11. The lowest BCUT2D eigenvalue weighted by atomic mass is 10.1. The van der Waals surface area contributed by atoms with Crippen LogP contribution in [0.15, 0.2) is 54.9 Å². The quantitative estimate of drug-likeness (QED) is 0.351. The lowest BCUT2D eigenvalue weighted by Gasteiger charge is -2.24. The minimum atomic E-state index is -0.505. The summed E-state index contributed by atoms with van der Waals surface area (Å²) >= 11 is 0. The number of nitrogens with zero attached hydrogens (tertiary/aromatic N) is 2. The van der Waals surface area contributed by atoms with Crippen LogP contribution in [-0.2, 0) is 11.3 Å². The average Bonchev–Trinajstić information content (AvgIpc) is 3.36. The predicted octanol–water partition coefficient (Wildman–Crippen LogP) is 2.37. The maximum absolute atomic E-state index is 13.1. The number of nitrogens with one attached hydrogen (secondary N) is 2. The summed E-state index contributed by atoms with van der Waals surface area (Å²) in [4.78, 5) is 26.0. The molecule has 0 unspecified atom stereocenters. The molecule has 3 aromatic rings. The Bertz CT molecular complexity index is 1070. The van der Waals surface area contributed by atoms with E-state index >= 15 is 0 Å². The van der Waals surface area contributed by atoms with Gasteiger partial charge in [0.1, 0.15) is 18.1 Å². The zero-order valence-electron chi connectivity index (χ0n) is 18.3. The number of hydrogen-bond acceptors (Lipinski definition) is 6. The van der Waals surface area contributed by atoms with Gasteiger partial charge in [-0.1, -0.05) is 18.2 Å². The van der Waals surface area contributed by atoms with E-state index in [1.54, 1.807) is 31.6 Å². The molecule has 1 aromatic heterocycles. The normalized spacial score (nSPS) is 10.5. The molecular formula is C23H27N5O5.